The lowest BCUT2D eigenvalue weighted by Gasteiger charge is -2.15. The van der Waals surface area contributed by atoms with E-state index in [2.05, 4.69) is 30.1 Å². The van der Waals surface area contributed by atoms with Gasteiger partial charge in [-0.1, -0.05) is 19.6 Å². The Bertz CT molecular complexity index is 306. The molecule has 0 saturated carbocycles. The molecule has 0 aliphatic rings. The van der Waals surface area contributed by atoms with Gasteiger partial charge in [0, 0.05) is 27.4 Å². The molecule has 92 valence electrons. The quantitative estimate of drug-likeness (QED) is 0.585. The van der Waals surface area contributed by atoms with E-state index in [0.717, 1.165) is 18.8 Å². The molecule has 0 aromatic carbocycles. The second-order valence-electron chi connectivity index (χ2n) is 5.22. The van der Waals surface area contributed by atoms with Crippen LogP contribution >= 0.6 is 0 Å². The highest BCUT2D eigenvalue weighted by atomic mass is 28.3. The van der Waals surface area contributed by atoms with E-state index in [1.807, 2.05) is 24.0 Å². The van der Waals surface area contributed by atoms with Crippen molar-refractivity contribution in [1.82, 2.24) is 15.1 Å². The van der Waals surface area contributed by atoms with Gasteiger partial charge in [-0.25, -0.2) is 4.68 Å². The van der Waals surface area contributed by atoms with E-state index >= 15 is 0 Å². The standard InChI is InChI=1S/C11H23N3OSi/c1-12-9-11-5-6-14(13-11)10-15-7-8-16(2,3)4/h5-6,12H,7-10H2,1-4H3. The zero-order valence-electron chi connectivity index (χ0n) is 10.8. The summed E-state index contributed by atoms with van der Waals surface area (Å²) in [7, 11) is 0.953. The van der Waals surface area contributed by atoms with Crippen LogP contribution in [0.1, 0.15) is 5.69 Å². The minimum Gasteiger partial charge on any atom is -0.360 e. The van der Waals surface area contributed by atoms with E-state index in [9.17, 15) is 0 Å². The SMILES string of the molecule is CNCc1ccn(COCC[Si](C)(C)C)n1. The number of hydrogen-bond donors (Lipinski definition) is 1. The Kier molecular flexibility index (Phi) is 5.17. The summed E-state index contributed by atoms with van der Waals surface area (Å²) in [4.78, 5) is 0. The lowest BCUT2D eigenvalue weighted by molar-refractivity contribution is 0.0783. The van der Waals surface area contributed by atoms with E-state index < -0.39 is 8.07 Å². The van der Waals surface area contributed by atoms with Crippen molar-refractivity contribution >= 4 is 8.07 Å². The maximum atomic E-state index is 5.60. The molecule has 0 bridgehead atoms. The fourth-order valence-electron chi connectivity index (χ4n) is 1.29. The van der Waals surface area contributed by atoms with Crippen molar-refractivity contribution in [3.8, 4) is 0 Å². The Morgan fingerprint density at radius 2 is 2.19 bits per heavy atom. The molecule has 0 aliphatic heterocycles. The third kappa shape index (κ3) is 5.44. The first-order valence-corrected chi connectivity index (χ1v) is 9.47. The lowest BCUT2D eigenvalue weighted by atomic mass is 10.4. The molecule has 0 radical (unpaired) electrons. The van der Waals surface area contributed by atoms with Crippen LogP contribution in [0.2, 0.25) is 25.7 Å². The highest BCUT2D eigenvalue weighted by molar-refractivity contribution is 6.76. The Labute approximate surface area is 99.0 Å². The van der Waals surface area contributed by atoms with Gasteiger partial charge in [0.2, 0.25) is 0 Å². The molecule has 1 aromatic rings. The monoisotopic (exact) mass is 241 g/mol. The van der Waals surface area contributed by atoms with Crippen molar-refractivity contribution in [2.24, 2.45) is 0 Å². The summed E-state index contributed by atoms with van der Waals surface area (Å²) in [6.07, 6.45) is 1.96. The number of ether oxygens (including phenoxy) is 1. The molecule has 0 atom stereocenters. The normalized spacial score (nSPS) is 12.0. The zero-order valence-corrected chi connectivity index (χ0v) is 11.8. The Morgan fingerprint density at radius 3 is 2.81 bits per heavy atom. The molecule has 1 rings (SSSR count). The summed E-state index contributed by atoms with van der Waals surface area (Å²) in [5, 5.41) is 7.45. The van der Waals surface area contributed by atoms with Crippen LogP contribution in [0.3, 0.4) is 0 Å². The number of nitrogens with one attached hydrogen (secondary N) is 1. The van der Waals surface area contributed by atoms with Gasteiger partial charge in [0.1, 0.15) is 6.73 Å². The van der Waals surface area contributed by atoms with E-state index in [0.29, 0.717) is 6.73 Å². The molecule has 5 heteroatoms. The zero-order chi connectivity index (χ0) is 12.0. The van der Waals surface area contributed by atoms with Crippen LogP contribution in [0.15, 0.2) is 12.3 Å². The molecule has 0 unspecified atom stereocenters. The first-order chi connectivity index (χ1) is 7.51. The lowest BCUT2D eigenvalue weighted by Crippen LogP contribution is -2.22. The van der Waals surface area contributed by atoms with Gasteiger partial charge in [0.05, 0.1) is 5.69 Å². The van der Waals surface area contributed by atoms with Gasteiger partial charge in [0.25, 0.3) is 0 Å². The number of nitrogens with zero attached hydrogens (tertiary/aromatic N) is 2. The third-order valence-corrected chi connectivity index (χ3v) is 3.98. The van der Waals surface area contributed by atoms with Gasteiger partial charge in [0.15, 0.2) is 0 Å². The van der Waals surface area contributed by atoms with Gasteiger partial charge in [-0.2, -0.15) is 5.10 Å². The molecule has 0 aliphatic carbocycles. The first-order valence-electron chi connectivity index (χ1n) is 5.76. The maximum Gasteiger partial charge on any atom is 0.139 e. The molecule has 1 N–H and O–H groups in total. The van der Waals surface area contributed by atoms with E-state index in [1.54, 1.807) is 0 Å². The van der Waals surface area contributed by atoms with Crippen LogP contribution in [-0.4, -0.2) is 31.5 Å². The van der Waals surface area contributed by atoms with Crippen molar-refractivity contribution < 1.29 is 4.74 Å². The maximum absolute atomic E-state index is 5.60. The van der Waals surface area contributed by atoms with Crippen molar-refractivity contribution in [1.29, 1.82) is 0 Å². The molecule has 4 nitrogen and oxygen atoms in total. The number of rotatable bonds is 7. The second kappa shape index (κ2) is 6.17. The van der Waals surface area contributed by atoms with E-state index in [1.165, 1.54) is 6.04 Å². The molecule has 0 saturated heterocycles. The molecule has 1 aromatic heterocycles. The van der Waals surface area contributed by atoms with Crippen LogP contribution in [0.5, 0.6) is 0 Å². The van der Waals surface area contributed by atoms with Gasteiger partial charge in [-0.3, -0.25) is 0 Å². The third-order valence-electron chi connectivity index (χ3n) is 2.27. The molecular formula is C11H23N3OSi. The summed E-state index contributed by atoms with van der Waals surface area (Å²) < 4.78 is 7.45. The molecular weight excluding hydrogens is 218 g/mol. The summed E-state index contributed by atoms with van der Waals surface area (Å²) in [6, 6.07) is 3.22. The Balaban J connectivity index is 2.21. The summed E-state index contributed by atoms with van der Waals surface area (Å²) in [6.45, 7) is 9.28. The smallest absolute Gasteiger partial charge is 0.139 e. The second-order valence-corrected chi connectivity index (χ2v) is 10.8. The highest BCUT2D eigenvalue weighted by Crippen LogP contribution is 2.07. The minimum absolute atomic E-state index is 0.564. The minimum atomic E-state index is -0.968. The van der Waals surface area contributed by atoms with Crippen molar-refractivity contribution in [3.05, 3.63) is 18.0 Å². The van der Waals surface area contributed by atoms with Gasteiger partial charge < -0.3 is 10.1 Å². The number of hydrogen-bond acceptors (Lipinski definition) is 3. The average molecular weight is 241 g/mol. The van der Waals surface area contributed by atoms with Crippen molar-refractivity contribution in [2.75, 3.05) is 13.7 Å². The predicted octanol–water partition coefficient (Wildman–Crippen LogP) is 1.91. The molecule has 0 fully saturated rings. The van der Waals surface area contributed by atoms with Gasteiger partial charge in [-0.05, 0) is 19.2 Å². The predicted molar refractivity (Wildman–Crippen MR) is 69.1 cm³/mol. The molecule has 1 heterocycles. The van der Waals surface area contributed by atoms with Crippen LogP contribution < -0.4 is 5.32 Å². The Morgan fingerprint density at radius 1 is 1.44 bits per heavy atom. The molecule has 0 amide bonds. The summed E-state index contributed by atoms with van der Waals surface area (Å²) in [5.41, 5.74) is 1.05. The highest BCUT2D eigenvalue weighted by Gasteiger charge is 2.11. The number of aromatic nitrogens is 2. The van der Waals surface area contributed by atoms with Crippen LogP contribution in [0.4, 0.5) is 0 Å². The van der Waals surface area contributed by atoms with E-state index in [-0.39, 0.29) is 0 Å². The fraction of sp³-hybridized carbons (Fsp3) is 0.727. The van der Waals surface area contributed by atoms with Crippen LogP contribution in [0, 0.1) is 0 Å². The van der Waals surface area contributed by atoms with Crippen LogP contribution in [-0.2, 0) is 18.0 Å². The molecule has 16 heavy (non-hydrogen) atoms. The Hall–Kier alpha value is -0.653. The molecule has 0 spiro atoms. The van der Waals surface area contributed by atoms with Crippen molar-refractivity contribution in [3.63, 3.8) is 0 Å². The van der Waals surface area contributed by atoms with Crippen LogP contribution in [0.25, 0.3) is 0 Å². The van der Waals surface area contributed by atoms with E-state index in [4.69, 9.17) is 4.74 Å². The van der Waals surface area contributed by atoms with Crippen molar-refractivity contribution in [2.45, 2.75) is 39.0 Å². The first kappa shape index (κ1) is 13.4. The average Bonchev–Trinajstić information content (AvgIpc) is 2.60. The van der Waals surface area contributed by atoms with Gasteiger partial charge in [-0.15, -0.1) is 0 Å². The van der Waals surface area contributed by atoms with Gasteiger partial charge >= 0.3 is 0 Å². The topological polar surface area (TPSA) is 39.1 Å². The summed E-state index contributed by atoms with van der Waals surface area (Å²) in [5.74, 6) is 0. The summed E-state index contributed by atoms with van der Waals surface area (Å²) >= 11 is 0. The largest absolute Gasteiger partial charge is 0.360 e. The fourth-order valence-corrected chi connectivity index (χ4v) is 2.04.